The Bertz CT molecular complexity index is 610. The van der Waals surface area contributed by atoms with E-state index in [0.29, 0.717) is 0 Å². The van der Waals surface area contributed by atoms with Gasteiger partial charge in [-0.15, -0.1) is 0 Å². The Morgan fingerprint density at radius 3 is 2.30 bits per heavy atom. The number of amides is 1. The summed E-state index contributed by atoms with van der Waals surface area (Å²) in [7, 11) is 0. The second-order valence-corrected chi connectivity index (χ2v) is 5.63. The fourth-order valence-corrected chi connectivity index (χ4v) is 2.54. The molecule has 2 unspecified atom stereocenters. The third kappa shape index (κ3) is 4.83. The normalized spacial score (nSPS) is 13.2. The van der Waals surface area contributed by atoms with Crippen LogP contribution in [0.1, 0.15) is 49.8 Å². The van der Waals surface area contributed by atoms with Crippen LogP contribution in [0, 0.1) is 0 Å². The average Bonchev–Trinajstić information content (AvgIpc) is 2.60. The number of nitrogens with one attached hydrogen (secondary N) is 1. The topological polar surface area (TPSA) is 58.6 Å². The minimum Gasteiger partial charge on any atom is -0.486 e. The fraction of sp³-hybridized carbons (Fsp3) is 0.316. The zero-order valence-corrected chi connectivity index (χ0v) is 13.5. The number of hydrogen-bond acceptors (Lipinski definition) is 3. The third-order valence-corrected chi connectivity index (χ3v) is 3.89. The van der Waals surface area contributed by atoms with Gasteiger partial charge in [-0.05, 0) is 35.6 Å². The van der Waals surface area contributed by atoms with E-state index in [1.165, 1.54) is 0 Å². The van der Waals surface area contributed by atoms with E-state index in [4.69, 9.17) is 9.94 Å². The summed E-state index contributed by atoms with van der Waals surface area (Å²) < 4.78 is 6.07. The molecular formula is C19H23NO3. The van der Waals surface area contributed by atoms with E-state index >= 15 is 0 Å². The first kappa shape index (κ1) is 17.0. The van der Waals surface area contributed by atoms with Gasteiger partial charge in [-0.2, -0.15) is 0 Å². The maximum Gasteiger partial charge on any atom is 0.243 e. The molecule has 0 aliphatic carbocycles. The molecule has 0 bridgehead atoms. The van der Waals surface area contributed by atoms with Crippen LogP contribution in [0.25, 0.3) is 0 Å². The number of hydroxylamine groups is 1. The molecule has 0 saturated heterocycles. The highest BCUT2D eigenvalue weighted by Gasteiger charge is 2.13. The molecule has 2 atom stereocenters. The van der Waals surface area contributed by atoms with Crippen molar-refractivity contribution in [1.29, 1.82) is 0 Å². The monoisotopic (exact) mass is 313 g/mol. The molecule has 0 aromatic heterocycles. The number of ether oxygens (including phenoxy) is 1. The van der Waals surface area contributed by atoms with Crippen LogP contribution in [0.2, 0.25) is 0 Å². The predicted octanol–water partition coefficient (Wildman–Crippen LogP) is 4.22. The minimum atomic E-state index is -0.382. The van der Waals surface area contributed by atoms with Crippen molar-refractivity contribution in [3.05, 3.63) is 65.7 Å². The molecule has 23 heavy (non-hydrogen) atoms. The van der Waals surface area contributed by atoms with Crippen LogP contribution in [-0.2, 0) is 4.79 Å². The number of benzene rings is 2. The van der Waals surface area contributed by atoms with E-state index in [1.54, 1.807) is 5.48 Å². The van der Waals surface area contributed by atoms with Crippen molar-refractivity contribution < 1.29 is 14.7 Å². The Morgan fingerprint density at radius 2 is 1.74 bits per heavy atom. The Morgan fingerprint density at radius 1 is 1.09 bits per heavy atom. The van der Waals surface area contributed by atoms with Gasteiger partial charge in [0.2, 0.25) is 5.91 Å². The molecule has 122 valence electrons. The van der Waals surface area contributed by atoms with Crippen LogP contribution < -0.4 is 10.2 Å². The lowest BCUT2D eigenvalue weighted by Crippen LogP contribution is -2.20. The van der Waals surface area contributed by atoms with Crippen LogP contribution in [0.15, 0.2) is 54.6 Å². The van der Waals surface area contributed by atoms with Crippen molar-refractivity contribution in [1.82, 2.24) is 5.48 Å². The molecule has 1 amide bonds. The van der Waals surface area contributed by atoms with Gasteiger partial charge in [-0.25, -0.2) is 5.48 Å². The predicted molar refractivity (Wildman–Crippen MR) is 89.5 cm³/mol. The highest BCUT2D eigenvalue weighted by molar-refractivity contribution is 5.75. The van der Waals surface area contributed by atoms with Crippen molar-refractivity contribution in [3.63, 3.8) is 0 Å². The lowest BCUT2D eigenvalue weighted by atomic mass is 9.97. The standard InChI is InChI=1S/C19H23NO3/c1-3-18(16-7-5-4-6-8-16)23-17-11-9-15(10-12-17)14(2)13-19(21)20-22/h4-12,14,18,22H,3,13H2,1-2H3,(H,20,21). The second kappa shape index (κ2) is 8.34. The fourth-order valence-electron chi connectivity index (χ4n) is 2.54. The second-order valence-electron chi connectivity index (χ2n) is 5.63. The van der Waals surface area contributed by atoms with Crippen LogP contribution in [0.5, 0.6) is 5.75 Å². The van der Waals surface area contributed by atoms with E-state index in [9.17, 15) is 4.79 Å². The van der Waals surface area contributed by atoms with Gasteiger partial charge in [-0.1, -0.05) is 56.3 Å². The first-order valence-electron chi connectivity index (χ1n) is 7.88. The number of carbonyl (C=O) groups excluding carboxylic acids is 1. The van der Waals surface area contributed by atoms with Gasteiger partial charge < -0.3 is 4.74 Å². The summed E-state index contributed by atoms with van der Waals surface area (Å²) in [6, 6.07) is 17.9. The minimum absolute atomic E-state index is 0.0274. The summed E-state index contributed by atoms with van der Waals surface area (Å²) >= 11 is 0. The van der Waals surface area contributed by atoms with Gasteiger partial charge in [0.05, 0.1) is 0 Å². The molecule has 0 spiro atoms. The van der Waals surface area contributed by atoms with E-state index in [1.807, 2.05) is 49.4 Å². The van der Waals surface area contributed by atoms with Gasteiger partial charge in [0.1, 0.15) is 11.9 Å². The Kier molecular flexibility index (Phi) is 6.18. The summed E-state index contributed by atoms with van der Waals surface area (Å²) in [5.41, 5.74) is 3.86. The molecule has 0 aliphatic rings. The molecule has 4 nitrogen and oxygen atoms in total. The van der Waals surface area contributed by atoms with Gasteiger partial charge in [-0.3, -0.25) is 10.0 Å². The zero-order valence-electron chi connectivity index (χ0n) is 13.5. The molecule has 2 aromatic carbocycles. The maximum atomic E-state index is 11.2. The summed E-state index contributed by atoms with van der Waals surface area (Å²) in [6.45, 7) is 4.05. The van der Waals surface area contributed by atoms with E-state index < -0.39 is 0 Å². The highest BCUT2D eigenvalue weighted by atomic mass is 16.5. The molecule has 2 N–H and O–H groups in total. The number of hydrogen-bond donors (Lipinski definition) is 2. The zero-order chi connectivity index (χ0) is 16.7. The average molecular weight is 313 g/mol. The summed E-state index contributed by atoms with van der Waals surface area (Å²) in [5, 5.41) is 8.59. The SMILES string of the molecule is CCC(Oc1ccc(C(C)CC(=O)NO)cc1)c1ccccc1. The highest BCUT2D eigenvalue weighted by Crippen LogP contribution is 2.27. The molecule has 0 radical (unpaired) electrons. The Balaban J connectivity index is 2.03. The lowest BCUT2D eigenvalue weighted by molar-refractivity contribution is -0.129. The first-order valence-corrected chi connectivity index (χ1v) is 7.88. The first-order chi connectivity index (χ1) is 11.1. The molecular weight excluding hydrogens is 290 g/mol. The van der Waals surface area contributed by atoms with E-state index in [-0.39, 0.29) is 24.3 Å². The molecule has 0 heterocycles. The lowest BCUT2D eigenvalue weighted by Gasteiger charge is -2.19. The van der Waals surface area contributed by atoms with Crippen molar-refractivity contribution in [2.24, 2.45) is 0 Å². The summed E-state index contributed by atoms with van der Waals surface area (Å²) in [5.74, 6) is 0.462. The van der Waals surface area contributed by atoms with Gasteiger partial charge >= 0.3 is 0 Å². The number of rotatable bonds is 7. The quantitative estimate of drug-likeness (QED) is 0.594. The van der Waals surface area contributed by atoms with Gasteiger partial charge in [0.15, 0.2) is 0 Å². The van der Waals surface area contributed by atoms with Crippen LogP contribution >= 0.6 is 0 Å². The maximum absolute atomic E-state index is 11.2. The van der Waals surface area contributed by atoms with Crippen molar-refractivity contribution >= 4 is 5.91 Å². The van der Waals surface area contributed by atoms with Crippen molar-refractivity contribution in [2.45, 2.75) is 38.7 Å². The Hall–Kier alpha value is -2.33. The molecule has 0 aliphatic heterocycles. The Labute approximate surface area is 137 Å². The van der Waals surface area contributed by atoms with Crippen LogP contribution in [0.4, 0.5) is 0 Å². The molecule has 0 saturated carbocycles. The van der Waals surface area contributed by atoms with Crippen molar-refractivity contribution in [2.75, 3.05) is 0 Å². The summed E-state index contributed by atoms with van der Waals surface area (Å²) in [4.78, 5) is 11.2. The molecule has 2 aromatic rings. The number of carbonyl (C=O) groups is 1. The van der Waals surface area contributed by atoms with Crippen LogP contribution in [-0.4, -0.2) is 11.1 Å². The van der Waals surface area contributed by atoms with E-state index in [2.05, 4.69) is 19.1 Å². The van der Waals surface area contributed by atoms with E-state index in [0.717, 1.165) is 23.3 Å². The third-order valence-electron chi connectivity index (χ3n) is 3.89. The van der Waals surface area contributed by atoms with Gasteiger partial charge in [0.25, 0.3) is 0 Å². The largest absolute Gasteiger partial charge is 0.486 e. The molecule has 0 fully saturated rings. The van der Waals surface area contributed by atoms with Crippen molar-refractivity contribution in [3.8, 4) is 5.75 Å². The smallest absolute Gasteiger partial charge is 0.243 e. The van der Waals surface area contributed by atoms with Crippen LogP contribution in [0.3, 0.4) is 0 Å². The molecule has 2 rings (SSSR count). The molecule has 4 heteroatoms. The van der Waals surface area contributed by atoms with Gasteiger partial charge in [0, 0.05) is 6.42 Å². The summed E-state index contributed by atoms with van der Waals surface area (Å²) in [6.07, 6.45) is 1.16.